The van der Waals surface area contributed by atoms with Crippen molar-refractivity contribution in [2.24, 2.45) is 0 Å². The first-order chi connectivity index (χ1) is 16.7. The van der Waals surface area contributed by atoms with Gasteiger partial charge < -0.3 is 19.3 Å². The number of nitriles is 1. The zero-order chi connectivity index (χ0) is 25.2. The largest absolute Gasteiger partial charge is 0.486 e. The minimum absolute atomic E-state index is 0.00691. The number of hydrogen-bond acceptors (Lipinski definition) is 6. The summed E-state index contributed by atoms with van der Waals surface area (Å²) in [4.78, 5) is 27.9. The van der Waals surface area contributed by atoms with Gasteiger partial charge >= 0.3 is 6.09 Å². The first-order valence-corrected chi connectivity index (χ1v) is 11.8. The number of hydrogen-bond donors (Lipinski definition) is 0. The van der Waals surface area contributed by atoms with E-state index in [0.29, 0.717) is 50.3 Å². The molecule has 2 aliphatic heterocycles. The molecule has 0 bridgehead atoms. The summed E-state index contributed by atoms with van der Waals surface area (Å²) in [6.45, 7) is 7.86. The van der Waals surface area contributed by atoms with Gasteiger partial charge in [-0.1, -0.05) is 0 Å². The topological polar surface area (TPSA) is 101 Å². The van der Waals surface area contributed by atoms with Gasteiger partial charge in [-0.2, -0.15) is 10.4 Å². The molecule has 35 heavy (non-hydrogen) atoms. The maximum atomic E-state index is 14.6. The Balaban J connectivity index is 1.37. The van der Waals surface area contributed by atoms with E-state index >= 15 is 0 Å². The van der Waals surface area contributed by atoms with E-state index in [-0.39, 0.29) is 36.0 Å². The van der Waals surface area contributed by atoms with Crippen molar-refractivity contribution in [1.82, 2.24) is 19.6 Å². The minimum Gasteiger partial charge on any atom is -0.486 e. The summed E-state index contributed by atoms with van der Waals surface area (Å²) in [6.07, 6.45) is 3.45. The lowest BCUT2D eigenvalue weighted by molar-refractivity contribution is 0.0184. The van der Waals surface area contributed by atoms with E-state index < -0.39 is 11.4 Å². The van der Waals surface area contributed by atoms with E-state index in [1.165, 1.54) is 12.1 Å². The van der Waals surface area contributed by atoms with Crippen molar-refractivity contribution in [3.05, 3.63) is 47.0 Å². The van der Waals surface area contributed by atoms with Crippen LogP contribution in [-0.2, 0) is 11.3 Å². The van der Waals surface area contributed by atoms with Crippen LogP contribution in [0.4, 0.5) is 9.18 Å². The van der Waals surface area contributed by atoms with Gasteiger partial charge in [0.15, 0.2) is 11.6 Å². The molecule has 0 spiro atoms. The summed E-state index contributed by atoms with van der Waals surface area (Å²) < 4.78 is 27.3. The van der Waals surface area contributed by atoms with Crippen LogP contribution in [-0.4, -0.2) is 63.4 Å². The Morgan fingerprint density at radius 3 is 2.46 bits per heavy atom. The lowest BCUT2D eigenvalue weighted by Crippen LogP contribution is -2.42. The fraction of sp³-hybridized carbons (Fsp3) is 0.520. The molecule has 0 N–H and O–H groups in total. The Hall–Kier alpha value is -3.61. The molecule has 2 aliphatic rings. The van der Waals surface area contributed by atoms with Gasteiger partial charge in [0.25, 0.3) is 5.91 Å². The molecule has 9 nitrogen and oxygen atoms in total. The fourth-order valence-electron chi connectivity index (χ4n) is 4.13. The molecule has 0 unspecified atom stereocenters. The highest BCUT2D eigenvalue weighted by molar-refractivity contribution is 5.94. The predicted octanol–water partition coefficient (Wildman–Crippen LogP) is 3.89. The maximum absolute atomic E-state index is 14.6. The number of piperidine rings is 1. The van der Waals surface area contributed by atoms with Gasteiger partial charge in [0, 0.05) is 37.3 Å². The third-order valence-corrected chi connectivity index (χ3v) is 6.14. The molecule has 3 heterocycles. The second-order valence-corrected chi connectivity index (χ2v) is 9.85. The number of carbonyl (C=O) groups is 2. The number of benzene rings is 1. The van der Waals surface area contributed by atoms with Crippen molar-refractivity contribution < 1.29 is 23.5 Å². The van der Waals surface area contributed by atoms with Crippen LogP contribution in [0, 0.1) is 17.1 Å². The van der Waals surface area contributed by atoms with E-state index in [1.54, 1.807) is 26.7 Å². The average molecular weight is 484 g/mol. The minimum atomic E-state index is -0.628. The van der Waals surface area contributed by atoms with Crippen LogP contribution in [0.25, 0.3) is 0 Å². The molecule has 1 aromatic carbocycles. The van der Waals surface area contributed by atoms with Gasteiger partial charge in [0.2, 0.25) is 0 Å². The molecule has 0 radical (unpaired) electrons. The van der Waals surface area contributed by atoms with Gasteiger partial charge in [0.05, 0.1) is 12.2 Å². The second kappa shape index (κ2) is 9.94. The standard InChI is InChI=1S/C25H30FN5O4/c1-25(2,3)35-24(33)30-11-7-19(8-12-30)31-21(14-27)18(15-28-31)16-34-22-6-5-17(13-20(22)26)23(32)29-9-4-10-29/h5-6,13,15,19H,4,7-12,16H2,1-3H3. The molecular formula is C25H30FN5O4. The molecule has 0 aliphatic carbocycles. The fourth-order valence-corrected chi connectivity index (χ4v) is 4.13. The van der Waals surface area contributed by atoms with Crippen LogP contribution in [0.5, 0.6) is 5.75 Å². The zero-order valence-electron chi connectivity index (χ0n) is 20.3. The highest BCUT2D eigenvalue weighted by Crippen LogP contribution is 2.27. The van der Waals surface area contributed by atoms with E-state index in [1.807, 2.05) is 20.8 Å². The second-order valence-electron chi connectivity index (χ2n) is 9.85. The number of rotatable bonds is 5. The van der Waals surface area contributed by atoms with Crippen LogP contribution >= 0.6 is 0 Å². The third kappa shape index (κ3) is 5.56. The molecule has 0 atom stereocenters. The predicted molar refractivity (Wildman–Crippen MR) is 124 cm³/mol. The SMILES string of the molecule is CC(C)(C)OC(=O)N1CCC(n2ncc(COc3ccc(C(=O)N4CCC4)cc3F)c2C#N)CC1. The molecular weight excluding hydrogens is 453 g/mol. The van der Waals surface area contributed by atoms with Gasteiger partial charge in [-0.3, -0.25) is 9.48 Å². The normalized spacial score (nSPS) is 16.4. The Bertz CT molecular complexity index is 1140. The number of amides is 2. The molecule has 1 aromatic heterocycles. The zero-order valence-corrected chi connectivity index (χ0v) is 20.3. The van der Waals surface area contributed by atoms with Crippen molar-refractivity contribution >= 4 is 12.0 Å². The van der Waals surface area contributed by atoms with Gasteiger partial charge in [-0.15, -0.1) is 0 Å². The molecule has 2 amide bonds. The molecule has 2 aromatic rings. The van der Waals surface area contributed by atoms with Crippen LogP contribution in [0.2, 0.25) is 0 Å². The van der Waals surface area contributed by atoms with E-state index in [9.17, 15) is 19.2 Å². The highest BCUT2D eigenvalue weighted by Gasteiger charge is 2.29. The molecule has 2 saturated heterocycles. The van der Waals surface area contributed by atoms with Crippen LogP contribution in [0.3, 0.4) is 0 Å². The summed E-state index contributed by atoms with van der Waals surface area (Å²) in [5.41, 5.74) is 0.633. The molecule has 2 fully saturated rings. The number of nitrogens with zero attached hydrogens (tertiary/aromatic N) is 5. The maximum Gasteiger partial charge on any atom is 0.410 e. The Kier molecular flexibility index (Phi) is 6.96. The van der Waals surface area contributed by atoms with Crippen molar-refractivity contribution in [3.63, 3.8) is 0 Å². The quantitative estimate of drug-likeness (QED) is 0.640. The third-order valence-electron chi connectivity index (χ3n) is 6.14. The summed E-state index contributed by atoms with van der Waals surface area (Å²) >= 11 is 0. The summed E-state index contributed by atoms with van der Waals surface area (Å²) in [7, 11) is 0. The molecule has 4 rings (SSSR count). The highest BCUT2D eigenvalue weighted by atomic mass is 19.1. The Morgan fingerprint density at radius 2 is 1.89 bits per heavy atom. The van der Waals surface area contributed by atoms with Gasteiger partial charge in [-0.05, 0) is 58.2 Å². The van der Waals surface area contributed by atoms with E-state index in [2.05, 4.69) is 11.2 Å². The lowest BCUT2D eigenvalue weighted by Gasteiger charge is -2.33. The average Bonchev–Trinajstić information content (AvgIpc) is 3.19. The van der Waals surface area contributed by atoms with Crippen LogP contribution in [0.15, 0.2) is 24.4 Å². The number of carbonyl (C=O) groups excluding carboxylic acids is 2. The molecule has 186 valence electrons. The smallest absolute Gasteiger partial charge is 0.410 e. The molecule has 10 heteroatoms. The first-order valence-electron chi connectivity index (χ1n) is 11.8. The number of aromatic nitrogens is 2. The van der Waals surface area contributed by atoms with Crippen molar-refractivity contribution in [2.75, 3.05) is 26.2 Å². The number of ether oxygens (including phenoxy) is 2. The van der Waals surface area contributed by atoms with E-state index in [4.69, 9.17) is 9.47 Å². The Labute approximate surface area is 204 Å². The van der Waals surface area contributed by atoms with E-state index in [0.717, 1.165) is 6.42 Å². The van der Waals surface area contributed by atoms with Gasteiger partial charge in [-0.25, -0.2) is 9.18 Å². The summed E-state index contributed by atoms with van der Waals surface area (Å²) in [5, 5.41) is 14.1. The number of likely N-dealkylation sites (tertiary alicyclic amines) is 2. The van der Waals surface area contributed by atoms with Crippen molar-refractivity contribution in [2.45, 2.75) is 58.3 Å². The van der Waals surface area contributed by atoms with Gasteiger partial charge in [0.1, 0.15) is 24.0 Å². The summed E-state index contributed by atoms with van der Waals surface area (Å²) in [6, 6.07) is 6.30. The lowest BCUT2D eigenvalue weighted by atomic mass is 10.1. The number of halogens is 1. The van der Waals surface area contributed by atoms with Crippen molar-refractivity contribution in [1.29, 1.82) is 5.26 Å². The molecule has 0 saturated carbocycles. The summed E-state index contributed by atoms with van der Waals surface area (Å²) in [5.74, 6) is -0.809. The first kappa shape index (κ1) is 24.5. The monoisotopic (exact) mass is 483 g/mol. The van der Waals surface area contributed by atoms with Crippen LogP contribution < -0.4 is 4.74 Å². The van der Waals surface area contributed by atoms with Crippen LogP contribution in [0.1, 0.15) is 67.7 Å². The van der Waals surface area contributed by atoms with Crippen molar-refractivity contribution in [3.8, 4) is 11.8 Å². The Morgan fingerprint density at radius 1 is 1.17 bits per heavy atom.